The van der Waals surface area contributed by atoms with Crippen molar-refractivity contribution < 1.29 is 19.6 Å². The first-order valence-electron chi connectivity index (χ1n) is 5.88. The van der Waals surface area contributed by atoms with Gasteiger partial charge in [-0.25, -0.2) is 0 Å². The Kier molecular flexibility index (Phi) is 4.99. The first-order chi connectivity index (χ1) is 8.86. The minimum atomic E-state index is -0.989. The van der Waals surface area contributed by atoms with Crippen molar-refractivity contribution in [1.29, 1.82) is 0 Å². The van der Waals surface area contributed by atoms with E-state index in [-0.39, 0.29) is 31.0 Å². The Morgan fingerprint density at radius 3 is 2.68 bits per heavy atom. The molecule has 1 unspecified atom stereocenters. The topological polar surface area (TPSA) is 107 Å². The molecule has 106 valence electrons. The quantitative estimate of drug-likeness (QED) is 0.464. The summed E-state index contributed by atoms with van der Waals surface area (Å²) in [6.45, 7) is 5.01. The number of aliphatic hydroxyl groups is 1. The molecular formula is C11H17N3O5. The summed E-state index contributed by atoms with van der Waals surface area (Å²) in [6, 6.07) is 0. The number of rotatable bonds is 6. The van der Waals surface area contributed by atoms with Crippen LogP contribution in [0.25, 0.3) is 0 Å². The van der Waals surface area contributed by atoms with E-state index in [9.17, 15) is 20.0 Å². The maximum atomic E-state index is 11.2. The van der Waals surface area contributed by atoms with Crippen LogP contribution in [0, 0.1) is 24.0 Å². The molecule has 1 aromatic heterocycles. The van der Waals surface area contributed by atoms with Crippen molar-refractivity contribution in [3.05, 3.63) is 21.5 Å². The Morgan fingerprint density at radius 2 is 2.21 bits per heavy atom. The van der Waals surface area contributed by atoms with Gasteiger partial charge in [0, 0.05) is 0 Å². The van der Waals surface area contributed by atoms with E-state index < -0.39 is 17.0 Å². The van der Waals surface area contributed by atoms with Crippen molar-refractivity contribution >= 4 is 11.7 Å². The van der Waals surface area contributed by atoms with E-state index >= 15 is 0 Å². The lowest BCUT2D eigenvalue weighted by Gasteiger charge is -2.10. The van der Waals surface area contributed by atoms with Gasteiger partial charge in [0.1, 0.15) is 11.4 Å². The minimum absolute atomic E-state index is 0.0132. The number of nitro groups is 1. The van der Waals surface area contributed by atoms with Crippen LogP contribution in [0.2, 0.25) is 0 Å². The Hall–Kier alpha value is -1.96. The number of hydrogen-bond donors (Lipinski definition) is 1. The van der Waals surface area contributed by atoms with Gasteiger partial charge >= 0.3 is 11.7 Å². The van der Waals surface area contributed by atoms with Gasteiger partial charge in [0.15, 0.2) is 0 Å². The molecule has 1 aromatic rings. The summed E-state index contributed by atoms with van der Waals surface area (Å²) in [5.41, 5.74) is 0.569. The third-order valence-electron chi connectivity index (χ3n) is 2.62. The SMILES string of the molecule is CCOC(=O)CC(O)Cn1nc(C)c([N+](=O)[O-])c1C. The van der Waals surface area contributed by atoms with Crippen LogP contribution < -0.4 is 0 Å². The Labute approximate surface area is 110 Å². The number of carbonyl (C=O) groups is 1. The number of nitrogens with zero attached hydrogens (tertiary/aromatic N) is 3. The van der Waals surface area contributed by atoms with Crippen LogP contribution in [0.3, 0.4) is 0 Å². The summed E-state index contributed by atoms with van der Waals surface area (Å²) in [5, 5.41) is 24.5. The Balaban J connectivity index is 2.75. The van der Waals surface area contributed by atoms with Crippen molar-refractivity contribution in [2.75, 3.05) is 6.61 Å². The molecule has 8 heteroatoms. The molecule has 0 aliphatic heterocycles. The van der Waals surface area contributed by atoms with E-state index in [0.717, 1.165) is 0 Å². The second-order valence-electron chi connectivity index (χ2n) is 4.12. The van der Waals surface area contributed by atoms with Gasteiger partial charge in [-0.1, -0.05) is 0 Å². The molecule has 1 heterocycles. The van der Waals surface area contributed by atoms with Crippen LogP contribution in [-0.2, 0) is 16.1 Å². The number of carbonyl (C=O) groups excluding carboxylic acids is 1. The van der Waals surface area contributed by atoms with E-state index in [0.29, 0.717) is 5.69 Å². The average Bonchev–Trinajstić information content (AvgIpc) is 2.53. The van der Waals surface area contributed by atoms with Crippen molar-refractivity contribution in [3.63, 3.8) is 0 Å². The van der Waals surface area contributed by atoms with Gasteiger partial charge in [-0.3, -0.25) is 19.6 Å². The molecule has 0 bridgehead atoms. The summed E-state index contributed by atoms with van der Waals surface area (Å²) < 4.78 is 6.04. The number of aliphatic hydroxyl groups excluding tert-OH is 1. The smallest absolute Gasteiger partial charge is 0.312 e. The molecule has 0 radical (unpaired) electrons. The average molecular weight is 271 g/mol. The molecule has 0 saturated heterocycles. The second kappa shape index (κ2) is 6.28. The first-order valence-corrected chi connectivity index (χ1v) is 5.88. The van der Waals surface area contributed by atoms with Crippen molar-refractivity contribution in [3.8, 4) is 0 Å². The Bertz CT molecular complexity index is 483. The largest absolute Gasteiger partial charge is 0.466 e. The summed E-state index contributed by atoms with van der Waals surface area (Å²) in [7, 11) is 0. The number of hydrogen-bond acceptors (Lipinski definition) is 6. The third kappa shape index (κ3) is 3.75. The van der Waals surface area contributed by atoms with Gasteiger partial charge < -0.3 is 9.84 Å². The summed E-state index contributed by atoms with van der Waals surface area (Å²) in [6.07, 6.45) is -1.16. The van der Waals surface area contributed by atoms with Gasteiger partial charge in [-0.05, 0) is 20.8 Å². The van der Waals surface area contributed by atoms with Gasteiger partial charge in [-0.15, -0.1) is 0 Å². The lowest BCUT2D eigenvalue weighted by Crippen LogP contribution is -2.22. The number of ether oxygens (including phenoxy) is 1. The minimum Gasteiger partial charge on any atom is -0.466 e. The Morgan fingerprint density at radius 1 is 1.58 bits per heavy atom. The monoisotopic (exact) mass is 271 g/mol. The molecule has 0 spiro atoms. The molecule has 1 rings (SSSR count). The fourth-order valence-corrected chi connectivity index (χ4v) is 1.81. The van der Waals surface area contributed by atoms with Crippen LogP contribution in [0.4, 0.5) is 5.69 Å². The predicted octanol–water partition coefficient (Wildman–Crippen LogP) is 0.722. The zero-order valence-electron chi connectivity index (χ0n) is 11.1. The van der Waals surface area contributed by atoms with Crippen LogP contribution in [0.5, 0.6) is 0 Å². The molecule has 1 N–H and O–H groups in total. The molecule has 19 heavy (non-hydrogen) atoms. The van der Waals surface area contributed by atoms with E-state index in [1.54, 1.807) is 13.8 Å². The van der Waals surface area contributed by atoms with Crippen LogP contribution >= 0.6 is 0 Å². The molecule has 0 aliphatic rings. The fourth-order valence-electron chi connectivity index (χ4n) is 1.81. The molecule has 0 saturated carbocycles. The maximum absolute atomic E-state index is 11.2. The fraction of sp³-hybridized carbons (Fsp3) is 0.636. The van der Waals surface area contributed by atoms with Crippen LogP contribution in [0.15, 0.2) is 0 Å². The molecule has 0 aromatic carbocycles. The van der Waals surface area contributed by atoms with E-state index in [4.69, 9.17) is 4.74 Å². The molecule has 0 amide bonds. The zero-order valence-corrected chi connectivity index (χ0v) is 11.1. The summed E-state index contributed by atoms with van der Waals surface area (Å²) in [4.78, 5) is 21.5. The summed E-state index contributed by atoms with van der Waals surface area (Å²) >= 11 is 0. The first kappa shape index (κ1) is 15.1. The van der Waals surface area contributed by atoms with Crippen molar-refractivity contribution in [2.24, 2.45) is 0 Å². The van der Waals surface area contributed by atoms with Gasteiger partial charge in [-0.2, -0.15) is 5.10 Å². The van der Waals surface area contributed by atoms with Crippen LogP contribution in [-0.4, -0.2) is 38.5 Å². The normalized spacial score (nSPS) is 12.2. The van der Waals surface area contributed by atoms with Gasteiger partial charge in [0.05, 0.1) is 30.6 Å². The van der Waals surface area contributed by atoms with Crippen molar-refractivity contribution in [1.82, 2.24) is 9.78 Å². The lowest BCUT2D eigenvalue weighted by atomic mass is 10.2. The molecule has 0 fully saturated rings. The highest BCUT2D eigenvalue weighted by molar-refractivity contribution is 5.69. The highest BCUT2D eigenvalue weighted by Gasteiger charge is 2.23. The predicted molar refractivity (Wildman–Crippen MR) is 65.6 cm³/mol. The lowest BCUT2D eigenvalue weighted by molar-refractivity contribution is -0.386. The molecule has 0 aliphatic carbocycles. The number of esters is 1. The second-order valence-corrected chi connectivity index (χ2v) is 4.12. The number of aromatic nitrogens is 2. The zero-order chi connectivity index (χ0) is 14.6. The molecule has 8 nitrogen and oxygen atoms in total. The van der Waals surface area contributed by atoms with E-state index in [2.05, 4.69) is 5.10 Å². The molecule has 1 atom stereocenters. The highest BCUT2D eigenvalue weighted by atomic mass is 16.6. The van der Waals surface area contributed by atoms with E-state index in [1.165, 1.54) is 11.6 Å². The number of aryl methyl sites for hydroxylation is 1. The van der Waals surface area contributed by atoms with Crippen LogP contribution in [0.1, 0.15) is 24.7 Å². The van der Waals surface area contributed by atoms with Gasteiger partial charge in [0.2, 0.25) is 0 Å². The third-order valence-corrected chi connectivity index (χ3v) is 2.62. The maximum Gasteiger partial charge on any atom is 0.312 e. The molecular weight excluding hydrogens is 254 g/mol. The van der Waals surface area contributed by atoms with E-state index in [1.807, 2.05) is 0 Å². The highest BCUT2D eigenvalue weighted by Crippen LogP contribution is 2.22. The standard InChI is InChI=1S/C11H17N3O5/c1-4-19-10(16)5-9(15)6-13-8(3)11(14(17)18)7(2)12-13/h9,15H,4-6H2,1-3H3. The van der Waals surface area contributed by atoms with Gasteiger partial charge in [0.25, 0.3) is 0 Å². The van der Waals surface area contributed by atoms with Crippen molar-refractivity contribution in [2.45, 2.75) is 39.8 Å². The summed E-state index contributed by atoms with van der Waals surface area (Å²) in [5.74, 6) is -0.508.